The van der Waals surface area contributed by atoms with Crippen molar-refractivity contribution in [3.63, 3.8) is 0 Å². The molecule has 0 saturated heterocycles. The molecule has 0 spiro atoms. The fourth-order valence-electron chi connectivity index (χ4n) is 0.321. The SMILES string of the molecule is OC[C@H](Cl)C/C(Cl)=C\Cl. The molecule has 0 aliphatic heterocycles. The van der Waals surface area contributed by atoms with Gasteiger partial charge in [0.1, 0.15) is 0 Å². The van der Waals surface area contributed by atoms with Crippen molar-refractivity contribution < 1.29 is 5.11 Å². The van der Waals surface area contributed by atoms with Gasteiger partial charge in [0.05, 0.1) is 12.0 Å². The molecule has 1 nitrogen and oxygen atoms in total. The van der Waals surface area contributed by atoms with Crippen LogP contribution in [0.1, 0.15) is 6.42 Å². The summed E-state index contributed by atoms with van der Waals surface area (Å²) in [6.45, 7) is -0.0808. The van der Waals surface area contributed by atoms with Crippen LogP contribution in [0.4, 0.5) is 0 Å². The van der Waals surface area contributed by atoms with E-state index in [9.17, 15) is 0 Å². The molecule has 0 radical (unpaired) electrons. The highest BCUT2D eigenvalue weighted by Gasteiger charge is 2.03. The van der Waals surface area contributed by atoms with Crippen molar-refractivity contribution in [1.29, 1.82) is 0 Å². The zero-order chi connectivity index (χ0) is 7.28. The Morgan fingerprint density at radius 2 is 2.22 bits per heavy atom. The minimum absolute atomic E-state index is 0.0808. The Labute approximate surface area is 69.2 Å². The number of alkyl halides is 1. The van der Waals surface area contributed by atoms with E-state index in [1.165, 1.54) is 5.54 Å². The van der Waals surface area contributed by atoms with Crippen LogP contribution in [0.3, 0.4) is 0 Å². The number of rotatable bonds is 3. The first-order valence-corrected chi connectivity index (χ1v) is 3.65. The molecule has 0 rings (SSSR count). The van der Waals surface area contributed by atoms with E-state index in [2.05, 4.69) is 0 Å². The molecule has 9 heavy (non-hydrogen) atoms. The molecule has 0 amide bonds. The Morgan fingerprint density at radius 3 is 2.56 bits per heavy atom. The lowest BCUT2D eigenvalue weighted by Gasteiger charge is -2.01. The van der Waals surface area contributed by atoms with E-state index < -0.39 is 0 Å². The lowest BCUT2D eigenvalue weighted by Crippen LogP contribution is -2.03. The monoisotopic (exact) mass is 188 g/mol. The van der Waals surface area contributed by atoms with Crippen LogP contribution in [0.15, 0.2) is 10.6 Å². The summed E-state index contributed by atoms with van der Waals surface area (Å²) < 4.78 is 0. The lowest BCUT2D eigenvalue weighted by molar-refractivity contribution is 0.292. The van der Waals surface area contributed by atoms with Crippen LogP contribution < -0.4 is 0 Å². The van der Waals surface area contributed by atoms with Crippen molar-refractivity contribution in [3.8, 4) is 0 Å². The Balaban J connectivity index is 3.47. The van der Waals surface area contributed by atoms with E-state index in [1.54, 1.807) is 0 Å². The van der Waals surface area contributed by atoms with Crippen molar-refractivity contribution in [2.45, 2.75) is 11.8 Å². The normalized spacial score (nSPS) is 15.8. The summed E-state index contributed by atoms with van der Waals surface area (Å²) in [5, 5.41) is 8.56. The smallest absolute Gasteiger partial charge is 0.0616 e. The van der Waals surface area contributed by atoms with Gasteiger partial charge in [0.15, 0.2) is 0 Å². The van der Waals surface area contributed by atoms with Crippen molar-refractivity contribution >= 4 is 34.8 Å². The lowest BCUT2D eigenvalue weighted by atomic mass is 10.3. The van der Waals surface area contributed by atoms with Crippen molar-refractivity contribution in [1.82, 2.24) is 0 Å². The molecule has 0 heterocycles. The predicted octanol–water partition coefficient (Wildman–Crippen LogP) is 2.30. The molecular formula is C5H7Cl3O. The molecule has 0 bridgehead atoms. The van der Waals surface area contributed by atoms with Gasteiger partial charge in [0.25, 0.3) is 0 Å². The third-order valence-corrected chi connectivity index (χ3v) is 1.66. The molecular weight excluding hydrogens is 182 g/mol. The van der Waals surface area contributed by atoms with Gasteiger partial charge in [-0.15, -0.1) is 11.6 Å². The second kappa shape index (κ2) is 5.36. The van der Waals surface area contributed by atoms with Gasteiger partial charge in [0.2, 0.25) is 0 Å². The molecule has 0 unspecified atom stereocenters. The zero-order valence-corrected chi connectivity index (χ0v) is 6.92. The van der Waals surface area contributed by atoms with E-state index >= 15 is 0 Å². The van der Waals surface area contributed by atoms with Crippen LogP contribution in [0, 0.1) is 0 Å². The standard InChI is InChI=1S/C5H7Cl3O/c6-2-4(7)1-5(8)3-9/h2,5,9H,1,3H2/b4-2+/t5-/m1/s1. The van der Waals surface area contributed by atoms with E-state index in [-0.39, 0.29) is 12.0 Å². The topological polar surface area (TPSA) is 20.2 Å². The van der Waals surface area contributed by atoms with E-state index in [0.717, 1.165) is 0 Å². The Bertz CT molecular complexity index is 102. The van der Waals surface area contributed by atoms with Crippen LogP contribution in [0.5, 0.6) is 0 Å². The summed E-state index contributed by atoms with van der Waals surface area (Å²) in [5.74, 6) is 0. The number of aliphatic hydroxyl groups excluding tert-OH is 1. The van der Waals surface area contributed by atoms with Crippen LogP contribution in [-0.2, 0) is 0 Å². The molecule has 0 aromatic heterocycles. The van der Waals surface area contributed by atoms with E-state index in [0.29, 0.717) is 11.5 Å². The maximum Gasteiger partial charge on any atom is 0.0616 e. The average molecular weight is 189 g/mol. The number of halogens is 3. The highest BCUT2D eigenvalue weighted by molar-refractivity contribution is 6.36. The number of allylic oxidation sites excluding steroid dienone is 1. The molecule has 54 valence electrons. The number of hydrogen-bond donors (Lipinski definition) is 1. The molecule has 4 heteroatoms. The first-order valence-electron chi connectivity index (χ1n) is 2.40. The minimum Gasteiger partial charge on any atom is -0.395 e. The van der Waals surface area contributed by atoms with Gasteiger partial charge >= 0.3 is 0 Å². The van der Waals surface area contributed by atoms with Crippen molar-refractivity contribution in [2.75, 3.05) is 6.61 Å². The molecule has 0 aromatic carbocycles. The van der Waals surface area contributed by atoms with Crippen LogP contribution in [-0.4, -0.2) is 17.1 Å². The molecule has 0 aromatic rings. The third kappa shape index (κ3) is 5.04. The first kappa shape index (κ1) is 9.57. The maximum atomic E-state index is 8.42. The minimum atomic E-state index is -0.326. The molecule has 1 N–H and O–H groups in total. The van der Waals surface area contributed by atoms with Gasteiger partial charge in [-0.25, -0.2) is 0 Å². The zero-order valence-electron chi connectivity index (χ0n) is 4.65. The molecule has 1 atom stereocenters. The first-order chi connectivity index (χ1) is 4.20. The molecule has 0 fully saturated rings. The Hall–Kier alpha value is 0.570. The van der Waals surface area contributed by atoms with E-state index in [4.69, 9.17) is 39.9 Å². The summed E-state index contributed by atoms with van der Waals surface area (Å²) in [6, 6.07) is 0. The van der Waals surface area contributed by atoms with Crippen molar-refractivity contribution in [2.24, 2.45) is 0 Å². The molecule has 0 saturated carbocycles. The van der Waals surface area contributed by atoms with Crippen molar-refractivity contribution in [3.05, 3.63) is 10.6 Å². The third-order valence-electron chi connectivity index (χ3n) is 0.733. The fraction of sp³-hybridized carbons (Fsp3) is 0.600. The predicted molar refractivity (Wildman–Crippen MR) is 41.1 cm³/mol. The molecule has 0 aliphatic carbocycles. The van der Waals surface area contributed by atoms with Gasteiger partial charge in [0, 0.05) is 17.0 Å². The van der Waals surface area contributed by atoms with E-state index in [1.807, 2.05) is 0 Å². The Morgan fingerprint density at radius 1 is 1.67 bits per heavy atom. The number of aliphatic hydroxyl groups is 1. The van der Waals surface area contributed by atoms with Gasteiger partial charge < -0.3 is 5.11 Å². The summed E-state index contributed by atoms with van der Waals surface area (Å²) >= 11 is 16.2. The summed E-state index contributed by atoms with van der Waals surface area (Å²) in [4.78, 5) is 0. The summed E-state index contributed by atoms with van der Waals surface area (Å²) in [7, 11) is 0. The largest absolute Gasteiger partial charge is 0.395 e. The van der Waals surface area contributed by atoms with Crippen LogP contribution >= 0.6 is 34.8 Å². The highest BCUT2D eigenvalue weighted by atomic mass is 35.5. The molecule has 0 aliphatic rings. The summed E-state index contributed by atoms with van der Waals surface area (Å²) in [6.07, 6.45) is 0.420. The average Bonchev–Trinajstić information content (AvgIpc) is 1.87. The van der Waals surface area contributed by atoms with Crippen LogP contribution in [0.25, 0.3) is 0 Å². The van der Waals surface area contributed by atoms with Gasteiger partial charge in [-0.05, 0) is 0 Å². The van der Waals surface area contributed by atoms with Gasteiger partial charge in [-0.3, -0.25) is 0 Å². The maximum absolute atomic E-state index is 8.42. The van der Waals surface area contributed by atoms with Crippen LogP contribution in [0.2, 0.25) is 0 Å². The van der Waals surface area contributed by atoms with Gasteiger partial charge in [-0.1, -0.05) is 23.2 Å². The number of hydrogen-bond acceptors (Lipinski definition) is 1. The second-order valence-corrected chi connectivity index (χ2v) is 2.86. The quantitative estimate of drug-likeness (QED) is 0.676. The Kier molecular flexibility index (Phi) is 5.70. The second-order valence-electron chi connectivity index (χ2n) is 1.54. The summed E-state index contributed by atoms with van der Waals surface area (Å²) in [5.41, 5.74) is 1.24. The highest BCUT2D eigenvalue weighted by Crippen LogP contribution is 2.14. The fourth-order valence-corrected chi connectivity index (χ4v) is 0.841. The van der Waals surface area contributed by atoms with Gasteiger partial charge in [-0.2, -0.15) is 0 Å².